The third kappa shape index (κ3) is 2.68. The molecule has 0 radical (unpaired) electrons. The van der Waals surface area contributed by atoms with E-state index in [9.17, 15) is 12.8 Å². The summed E-state index contributed by atoms with van der Waals surface area (Å²) in [6.45, 7) is 0. The zero-order valence-corrected chi connectivity index (χ0v) is 13.6. The summed E-state index contributed by atoms with van der Waals surface area (Å²) in [5, 5.41) is 5.12. The highest BCUT2D eigenvalue weighted by Gasteiger charge is 2.43. The third-order valence-electron chi connectivity index (χ3n) is 4.48. The van der Waals surface area contributed by atoms with Gasteiger partial charge in [-0.05, 0) is 48.2 Å². The summed E-state index contributed by atoms with van der Waals surface area (Å²) in [5.41, 5.74) is 3.62. The van der Waals surface area contributed by atoms with Crippen LogP contribution >= 0.6 is 0 Å². The number of halogens is 1. The first kappa shape index (κ1) is 15.2. The van der Waals surface area contributed by atoms with Crippen LogP contribution in [-0.2, 0) is 10.0 Å². The summed E-state index contributed by atoms with van der Waals surface area (Å²) >= 11 is 0. The summed E-state index contributed by atoms with van der Waals surface area (Å²) in [7, 11) is -3.76. The van der Waals surface area contributed by atoms with Crippen LogP contribution in [0.3, 0.4) is 0 Å². The Morgan fingerprint density at radius 3 is 2.21 bits per heavy atom. The van der Waals surface area contributed by atoms with E-state index in [-0.39, 0.29) is 16.1 Å². The quantitative estimate of drug-likeness (QED) is 0.931. The molecule has 1 fully saturated rings. The van der Waals surface area contributed by atoms with Crippen molar-refractivity contribution in [1.82, 2.24) is 4.98 Å². The van der Waals surface area contributed by atoms with Gasteiger partial charge in [0.25, 0.3) is 0 Å². The highest BCUT2D eigenvalue weighted by molar-refractivity contribution is 7.89. The molecule has 2 aliphatic carbocycles. The van der Waals surface area contributed by atoms with Gasteiger partial charge in [0.2, 0.25) is 10.0 Å². The molecule has 4 nitrogen and oxygen atoms in total. The Bertz CT molecular complexity index is 971. The predicted molar refractivity (Wildman–Crippen MR) is 89.6 cm³/mol. The molecule has 2 N–H and O–H groups in total. The van der Waals surface area contributed by atoms with Crippen LogP contribution in [0.15, 0.2) is 59.6 Å². The van der Waals surface area contributed by atoms with E-state index in [1.165, 1.54) is 24.4 Å². The van der Waals surface area contributed by atoms with Crippen LogP contribution in [0.5, 0.6) is 0 Å². The number of benzene rings is 1. The average Bonchev–Trinajstić information content (AvgIpc) is 3.19. The number of allylic oxidation sites excluding steroid dienone is 4. The zero-order valence-electron chi connectivity index (χ0n) is 12.7. The zero-order chi connectivity index (χ0) is 16.9. The fraction of sp³-hybridized carbons (Fsp3) is 0.167. The first-order valence-corrected chi connectivity index (χ1v) is 9.12. The van der Waals surface area contributed by atoms with Gasteiger partial charge in [-0.1, -0.05) is 24.3 Å². The summed E-state index contributed by atoms with van der Waals surface area (Å²) in [4.78, 5) is 4.26. The second-order valence-corrected chi connectivity index (χ2v) is 7.84. The smallest absolute Gasteiger partial charge is 0.239 e. The minimum absolute atomic E-state index is 0.0155. The fourth-order valence-corrected chi connectivity index (χ4v) is 3.45. The Labute approximate surface area is 139 Å². The number of pyridine rings is 1. The van der Waals surface area contributed by atoms with Gasteiger partial charge in [-0.2, -0.15) is 0 Å². The van der Waals surface area contributed by atoms with Crippen molar-refractivity contribution in [3.63, 3.8) is 0 Å². The number of primary sulfonamides is 1. The van der Waals surface area contributed by atoms with Crippen LogP contribution in [0, 0.1) is 11.2 Å². The molecule has 0 atom stereocenters. The van der Waals surface area contributed by atoms with Gasteiger partial charge in [0.1, 0.15) is 10.7 Å². The fourth-order valence-electron chi connectivity index (χ4n) is 2.99. The molecule has 0 amide bonds. The molecule has 2 aromatic rings. The first-order chi connectivity index (χ1) is 11.4. The number of sulfonamides is 1. The topological polar surface area (TPSA) is 73.1 Å². The summed E-state index contributed by atoms with van der Waals surface area (Å²) in [5.74, 6) is -0.278. The normalized spacial score (nSPS) is 18.4. The second-order valence-electron chi connectivity index (χ2n) is 6.28. The Morgan fingerprint density at radius 2 is 1.67 bits per heavy atom. The van der Waals surface area contributed by atoms with Crippen LogP contribution in [0.25, 0.3) is 11.1 Å². The van der Waals surface area contributed by atoms with Gasteiger partial charge in [0, 0.05) is 17.2 Å². The molecule has 0 saturated heterocycles. The van der Waals surface area contributed by atoms with Gasteiger partial charge in [0.05, 0.1) is 5.69 Å². The van der Waals surface area contributed by atoms with Crippen LogP contribution in [-0.4, -0.2) is 13.4 Å². The van der Waals surface area contributed by atoms with Gasteiger partial charge < -0.3 is 0 Å². The molecule has 24 heavy (non-hydrogen) atoms. The third-order valence-corrected chi connectivity index (χ3v) is 5.38. The Hall–Kier alpha value is -2.31. The maximum absolute atomic E-state index is 13.2. The van der Waals surface area contributed by atoms with Gasteiger partial charge in [-0.25, -0.2) is 17.9 Å². The van der Waals surface area contributed by atoms with E-state index < -0.39 is 10.0 Å². The average molecular weight is 342 g/mol. The molecular formula is C18H15FN2O2S. The molecule has 0 aliphatic heterocycles. The molecule has 1 aromatic carbocycles. The lowest BCUT2D eigenvalue weighted by Gasteiger charge is -2.09. The number of hydrogen-bond donors (Lipinski definition) is 1. The van der Waals surface area contributed by atoms with E-state index in [0.717, 1.165) is 29.6 Å². The van der Waals surface area contributed by atoms with Crippen LogP contribution < -0.4 is 5.14 Å². The first-order valence-electron chi connectivity index (χ1n) is 7.58. The molecule has 6 heteroatoms. The van der Waals surface area contributed by atoms with E-state index in [1.54, 1.807) is 18.2 Å². The molecule has 4 rings (SSSR count). The Morgan fingerprint density at radius 1 is 1.00 bits per heavy atom. The van der Waals surface area contributed by atoms with E-state index in [0.29, 0.717) is 5.69 Å². The Kier molecular flexibility index (Phi) is 3.23. The predicted octanol–water partition coefficient (Wildman–Crippen LogP) is 3.13. The molecule has 1 heterocycles. The van der Waals surface area contributed by atoms with Gasteiger partial charge in [-0.3, -0.25) is 4.98 Å². The number of hydrogen-bond acceptors (Lipinski definition) is 3. The SMILES string of the molecule is NS(=O)(=O)c1ccc(C2=CC3(C=C2c2ccc(F)cc2)CC3)nc1. The number of aromatic nitrogens is 1. The number of nitrogens with zero attached hydrogens (tertiary/aromatic N) is 1. The molecule has 0 unspecified atom stereocenters. The van der Waals surface area contributed by atoms with Crippen molar-refractivity contribution in [2.45, 2.75) is 17.7 Å². The molecule has 1 spiro atoms. The molecular weight excluding hydrogens is 327 g/mol. The minimum atomic E-state index is -3.76. The largest absolute Gasteiger partial charge is 0.255 e. The lowest BCUT2D eigenvalue weighted by Crippen LogP contribution is -2.12. The Balaban J connectivity index is 1.76. The van der Waals surface area contributed by atoms with Crippen molar-refractivity contribution >= 4 is 21.2 Å². The number of nitrogens with two attached hydrogens (primary N) is 1. The summed E-state index contributed by atoms with van der Waals surface area (Å²) in [6.07, 6.45) is 7.80. The highest BCUT2D eigenvalue weighted by Crippen LogP contribution is 2.57. The molecule has 122 valence electrons. The van der Waals surface area contributed by atoms with Gasteiger partial charge >= 0.3 is 0 Å². The van der Waals surface area contributed by atoms with E-state index in [2.05, 4.69) is 17.1 Å². The lowest BCUT2D eigenvalue weighted by molar-refractivity contribution is 0.597. The maximum atomic E-state index is 13.2. The van der Waals surface area contributed by atoms with E-state index in [4.69, 9.17) is 5.14 Å². The van der Waals surface area contributed by atoms with Crippen LogP contribution in [0.2, 0.25) is 0 Å². The lowest BCUT2D eigenvalue weighted by atomic mass is 9.98. The molecule has 0 bridgehead atoms. The van der Waals surface area contributed by atoms with Gasteiger partial charge in [-0.15, -0.1) is 0 Å². The molecule has 1 aromatic heterocycles. The van der Waals surface area contributed by atoms with E-state index in [1.807, 2.05) is 0 Å². The highest BCUT2D eigenvalue weighted by atomic mass is 32.2. The summed E-state index contributed by atoms with van der Waals surface area (Å²) in [6, 6.07) is 9.47. The van der Waals surface area contributed by atoms with Crippen molar-refractivity contribution in [1.29, 1.82) is 0 Å². The van der Waals surface area contributed by atoms with Crippen molar-refractivity contribution in [3.05, 3.63) is 71.8 Å². The van der Waals surface area contributed by atoms with E-state index >= 15 is 0 Å². The standard InChI is InChI=1S/C18H15FN2O2S/c19-13-3-1-12(2-4-13)15-9-18(7-8-18)10-16(15)17-6-5-14(11-21-17)24(20,22)23/h1-6,9-11H,7-8H2,(H2,20,22,23). The molecule has 2 aliphatic rings. The van der Waals surface area contributed by atoms with Crippen molar-refractivity contribution in [2.75, 3.05) is 0 Å². The summed E-state index contributed by atoms with van der Waals surface area (Å²) < 4.78 is 35.9. The van der Waals surface area contributed by atoms with Crippen LogP contribution in [0.1, 0.15) is 24.1 Å². The molecule has 1 saturated carbocycles. The van der Waals surface area contributed by atoms with Crippen LogP contribution in [0.4, 0.5) is 4.39 Å². The van der Waals surface area contributed by atoms with Crippen molar-refractivity contribution < 1.29 is 12.8 Å². The number of rotatable bonds is 3. The second kappa shape index (κ2) is 5.09. The maximum Gasteiger partial charge on any atom is 0.239 e. The van der Waals surface area contributed by atoms with Gasteiger partial charge in [0.15, 0.2) is 0 Å². The van der Waals surface area contributed by atoms with Crippen molar-refractivity contribution in [3.8, 4) is 0 Å². The van der Waals surface area contributed by atoms with Crippen molar-refractivity contribution in [2.24, 2.45) is 10.6 Å². The monoisotopic (exact) mass is 342 g/mol. The minimum Gasteiger partial charge on any atom is -0.255 e.